The van der Waals surface area contributed by atoms with Crippen LogP contribution in [0.1, 0.15) is 26.3 Å². The number of carbonyl (C=O) groups is 1. The zero-order valence-electron chi connectivity index (χ0n) is 14.3. The highest BCUT2D eigenvalue weighted by Crippen LogP contribution is 2.13. The van der Waals surface area contributed by atoms with Crippen molar-refractivity contribution in [3.8, 4) is 0 Å². The van der Waals surface area contributed by atoms with E-state index < -0.39 is 5.41 Å². The Hall–Kier alpha value is -2.04. The number of carbonyl (C=O) groups excluding carboxylic acids is 1. The number of rotatable bonds is 6. The lowest BCUT2D eigenvalue weighted by Gasteiger charge is -2.28. The van der Waals surface area contributed by atoms with Crippen molar-refractivity contribution in [1.82, 2.24) is 15.5 Å². The Morgan fingerprint density at radius 1 is 1.23 bits per heavy atom. The van der Waals surface area contributed by atoms with E-state index in [9.17, 15) is 4.79 Å². The van der Waals surface area contributed by atoms with E-state index in [0.29, 0.717) is 13.1 Å². The maximum Gasteiger partial charge on any atom is 0.227 e. The minimum Gasteiger partial charge on any atom is -0.356 e. The summed E-state index contributed by atoms with van der Waals surface area (Å²) >= 11 is 0. The predicted molar refractivity (Wildman–Crippen MR) is 91.7 cm³/mol. The number of nitrogens with one attached hydrogen (secondary N) is 2. The molecule has 22 heavy (non-hydrogen) atoms. The molecule has 1 aromatic carbocycles. The zero-order chi connectivity index (χ0) is 16.6. The van der Waals surface area contributed by atoms with Crippen LogP contribution in [0.4, 0.5) is 0 Å². The first-order valence-electron chi connectivity index (χ1n) is 7.64. The van der Waals surface area contributed by atoms with E-state index in [1.54, 1.807) is 7.05 Å². The maximum atomic E-state index is 12.0. The molecule has 122 valence electrons. The van der Waals surface area contributed by atoms with E-state index in [1.165, 1.54) is 5.56 Å². The fourth-order valence-electron chi connectivity index (χ4n) is 2.10. The number of aliphatic imine (C=N–C) groups is 1. The first-order valence-corrected chi connectivity index (χ1v) is 7.64. The van der Waals surface area contributed by atoms with Crippen LogP contribution in [0.2, 0.25) is 0 Å². The molecule has 1 amide bonds. The van der Waals surface area contributed by atoms with E-state index in [-0.39, 0.29) is 5.91 Å². The van der Waals surface area contributed by atoms with Gasteiger partial charge in [-0.15, -0.1) is 0 Å². The van der Waals surface area contributed by atoms with Crippen molar-refractivity contribution in [3.63, 3.8) is 0 Å². The third-order valence-electron chi connectivity index (χ3n) is 3.48. The van der Waals surface area contributed by atoms with Crippen LogP contribution < -0.4 is 10.6 Å². The van der Waals surface area contributed by atoms with Crippen molar-refractivity contribution in [2.24, 2.45) is 10.4 Å². The second kappa shape index (κ2) is 8.41. The van der Waals surface area contributed by atoms with Gasteiger partial charge in [-0.2, -0.15) is 0 Å². The average molecular weight is 304 g/mol. The number of hydrogen-bond donors (Lipinski definition) is 2. The fourth-order valence-corrected chi connectivity index (χ4v) is 2.10. The van der Waals surface area contributed by atoms with Gasteiger partial charge in [0.1, 0.15) is 0 Å². The lowest BCUT2D eigenvalue weighted by molar-refractivity contribution is -0.128. The van der Waals surface area contributed by atoms with Gasteiger partial charge < -0.3 is 15.5 Å². The fraction of sp³-hybridized carbons (Fsp3) is 0.529. The number of amides is 1. The molecule has 0 fully saturated rings. The van der Waals surface area contributed by atoms with Crippen LogP contribution in [0.15, 0.2) is 35.3 Å². The predicted octanol–water partition coefficient (Wildman–Crippen LogP) is 1.86. The Bertz CT molecular complexity index is 497. The standard InChI is InChI=1S/C17H28N4O/c1-6-19-15(22)17(2,3)13-20-16(18-4)21(5)12-14-10-8-7-9-11-14/h7-11H,6,12-13H2,1-5H3,(H,18,20)(H,19,22). The molecule has 0 spiro atoms. The molecule has 1 rings (SSSR count). The van der Waals surface area contributed by atoms with Crippen molar-refractivity contribution >= 4 is 11.9 Å². The summed E-state index contributed by atoms with van der Waals surface area (Å²) in [7, 11) is 3.74. The molecule has 0 radical (unpaired) electrons. The number of hydrogen-bond acceptors (Lipinski definition) is 2. The molecule has 1 aromatic rings. The molecule has 5 heteroatoms. The molecule has 0 aliphatic carbocycles. The van der Waals surface area contributed by atoms with Crippen LogP contribution in [0, 0.1) is 5.41 Å². The maximum absolute atomic E-state index is 12.0. The molecule has 0 aliphatic heterocycles. The average Bonchev–Trinajstić information content (AvgIpc) is 2.49. The number of benzene rings is 1. The van der Waals surface area contributed by atoms with Gasteiger partial charge in [0.2, 0.25) is 5.91 Å². The van der Waals surface area contributed by atoms with Crippen LogP contribution in [0.5, 0.6) is 0 Å². The zero-order valence-corrected chi connectivity index (χ0v) is 14.3. The van der Waals surface area contributed by atoms with E-state index in [2.05, 4.69) is 27.8 Å². The van der Waals surface area contributed by atoms with Crippen LogP contribution in [0.25, 0.3) is 0 Å². The highest BCUT2D eigenvalue weighted by atomic mass is 16.2. The highest BCUT2D eigenvalue weighted by Gasteiger charge is 2.27. The lowest BCUT2D eigenvalue weighted by Crippen LogP contribution is -2.48. The van der Waals surface area contributed by atoms with E-state index in [0.717, 1.165) is 12.5 Å². The monoisotopic (exact) mass is 304 g/mol. The summed E-state index contributed by atoms with van der Waals surface area (Å²) in [5, 5.41) is 6.15. The first kappa shape index (κ1) is 18.0. The molecule has 0 unspecified atom stereocenters. The third-order valence-corrected chi connectivity index (χ3v) is 3.48. The Labute approximate surface area is 133 Å². The van der Waals surface area contributed by atoms with Crippen LogP contribution >= 0.6 is 0 Å². The van der Waals surface area contributed by atoms with Crippen molar-refractivity contribution in [2.45, 2.75) is 27.3 Å². The van der Waals surface area contributed by atoms with Gasteiger partial charge in [0.05, 0.1) is 5.41 Å². The van der Waals surface area contributed by atoms with Crippen molar-refractivity contribution in [1.29, 1.82) is 0 Å². The molecule has 0 aliphatic rings. The van der Waals surface area contributed by atoms with Crippen molar-refractivity contribution in [2.75, 3.05) is 27.2 Å². The van der Waals surface area contributed by atoms with Gasteiger partial charge in [0.15, 0.2) is 5.96 Å². The van der Waals surface area contributed by atoms with Crippen molar-refractivity contribution in [3.05, 3.63) is 35.9 Å². The molecule has 0 saturated carbocycles. The minimum atomic E-state index is -0.487. The Kier molecular flexibility index (Phi) is 6.89. The molecule has 0 saturated heterocycles. The smallest absolute Gasteiger partial charge is 0.227 e. The third kappa shape index (κ3) is 5.39. The van der Waals surface area contributed by atoms with Gasteiger partial charge in [-0.25, -0.2) is 0 Å². The summed E-state index contributed by atoms with van der Waals surface area (Å²) in [6.45, 7) is 7.72. The normalized spacial score (nSPS) is 12.0. The Morgan fingerprint density at radius 3 is 2.41 bits per heavy atom. The largest absolute Gasteiger partial charge is 0.356 e. The van der Waals surface area contributed by atoms with Crippen molar-refractivity contribution < 1.29 is 4.79 Å². The summed E-state index contributed by atoms with van der Waals surface area (Å²) in [4.78, 5) is 18.4. The lowest BCUT2D eigenvalue weighted by atomic mass is 9.92. The van der Waals surface area contributed by atoms with Gasteiger partial charge in [0, 0.05) is 33.7 Å². The Balaban J connectivity index is 2.60. The minimum absolute atomic E-state index is 0.0451. The highest BCUT2D eigenvalue weighted by molar-refractivity contribution is 5.84. The molecule has 0 aromatic heterocycles. The van der Waals surface area contributed by atoms with Gasteiger partial charge in [-0.1, -0.05) is 30.3 Å². The molecule has 0 bridgehead atoms. The van der Waals surface area contributed by atoms with Gasteiger partial charge >= 0.3 is 0 Å². The molecular formula is C17H28N4O. The summed E-state index contributed by atoms with van der Waals surface area (Å²) in [5.74, 6) is 0.824. The number of nitrogens with zero attached hydrogens (tertiary/aromatic N) is 2. The summed E-state index contributed by atoms with van der Waals surface area (Å²) in [6, 6.07) is 10.2. The van der Waals surface area contributed by atoms with Gasteiger partial charge in [0.25, 0.3) is 0 Å². The summed E-state index contributed by atoms with van der Waals surface area (Å²) in [5.41, 5.74) is 0.732. The molecule has 2 N–H and O–H groups in total. The topological polar surface area (TPSA) is 56.7 Å². The summed E-state index contributed by atoms with van der Waals surface area (Å²) < 4.78 is 0. The van der Waals surface area contributed by atoms with Crippen LogP contribution in [0.3, 0.4) is 0 Å². The van der Waals surface area contributed by atoms with E-state index in [1.807, 2.05) is 50.9 Å². The van der Waals surface area contributed by atoms with E-state index in [4.69, 9.17) is 0 Å². The molecule has 5 nitrogen and oxygen atoms in total. The van der Waals surface area contributed by atoms with Crippen LogP contribution in [-0.2, 0) is 11.3 Å². The van der Waals surface area contributed by atoms with Crippen LogP contribution in [-0.4, -0.2) is 44.0 Å². The SMILES string of the molecule is CCNC(=O)C(C)(C)CNC(=NC)N(C)Cc1ccccc1. The molecule has 0 atom stereocenters. The first-order chi connectivity index (χ1) is 10.4. The second-order valence-corrected chi connectivity index (χ2v) is 5.99. The molecule has 0 heterocycles. The number of guanidine groups is 1. The van der Waals surface area contributed by atoms with Gasteiger partial charge in [-0.05, 0) is 26.3 Å². The Morgan fingerprint density at radius 2 is 1.86 bits per heavy atom. The summed E-state index contributed by atoms with van der Waals surface area (Å²) in [6.07, 6.45) is 0. The van der Waals surface area contributed by atoms with Gasteiger partial charge in [-0.3, -0.25) is 9.79 Å². The quantitative estimate of drug-likeness (QED) is 0.623. The van der Waals surface area contributed by atoms with E-state index >= 15 is 0 Å². The second-order valence-electron chi connectivity index (χ2n) is 5.99. The molecular weight excluding hydrogens is 276 g/mol.